The van der Waals surface area contributed by atoms with Gasteiger partial charge in [0.05, 0.1) is 5.25 Å². The molecule has 1 fully saturated rings. The number of amidine groups is 1. The van der Waals surface area contributed by atoms with Crippen molar-refractivity contribution in [1.29, 1.82) is 0 Å². The van der Waals surface area contributed by atoms with Crippen molar-refractivity contribution in [2.75, 3.05) is 13.1 Å². The van der Waals surface area contributed by atoms with Gasteiger partial charge in [-0.25, -0.2) is 0 Å². The van der Waals surface area contributed by atoms with Gasteiger partial charge in [0, 0.05) is 23.7 Å². The van der Waals surface area contributed by atoms with Crippen LogP contribution in [0.1, 0.15) is 25.3 Å². The predicted molar refractivity (Wildman–Crippen MR) is 80.6 cm³/mol. The normalized spacial score (nSPS) is 30.2. The highest BCUT2D eigenvalue weighted by Gasteiger charge is 2.52. The maximum absolute atomic E-state index is 11.3. The highest BCUT2D eigenvalue weighted by Crippen LogP contribution is 2.47. The van der Waals surface area contributed by atoms with E-state index >= 15 is 0 Å². The van der Waals surface area contributed by atoms with Crippen molar-refractivity contribution in [2.24, 2.45) is 4.99 Å². The van der Waals surface area contributed by atoms with E-state index in [2.05, 4.69) is 16.8 Å². The van der Waals surface area contributed by atoms with Crippen LogP contribution < -0.4 is 0 Å². The molecule has 5 heteroatoms. The lowest BCUT2D eigenvalue weighted by Crippen LogP contribution is -2.50. The molecular weight excluding hydrogens is 280 g/mol. The lowest BCUT2D eigenvalue weighted by Gasteiger charge is -2.38. The Morgan fingerprint density at radius 3 is 2.89 bits per heavy atom. The molecule has 1 aromatic rings. The zero-order valence-corrected chi connectivity index (χ0v) is 12.4. The van der Waals surface area contributed by atoms with E-state index in [0.29, 0.717) is 5.02 Å². The van der Waals surface area contributed by atoms with Gasteiger partial charge in [-0.05, 0) is 25.0 Å². The molecule has 0 spiro atoms. The van der Waals surface area contributed by atoms with Gasteiger partial charge in [0.1, 0.15) is 0 Å². The molecule has 102 valence electrons. The fourth-order valence-corrected chi connectivity index (χ4v) is 4.29. The number of thioether (sulfide) groups is 1. The third-order valence-electron chi connectivity index (χ3n) is 3.77. The van der Waals surface area contributed by atoms with Gasteiger partial charge in [-0.2, -0.15) is 0 Å². The lowest BCUT2D eigenvalue weighted by atomic mass is 9.95. The average Bonchev–Trinajstić information content (AvgIpc) is 2.74. The van der Waals surface area contributed by atoms with Gasteiger partial charge in [0.2, 0.25) is 0 Å². The Hall–Kier alpha value is -0.710. The van der Waals surface area contributed by atoms with Crippen molar-refractivity contribution >= 4 is 28.5 Å². The first-order valence-corrected chi connectivity index (χ1v) is 7.89. The number of rotatable bonds is 2. The molecule has 0 amide bonds. The van der Waals surface area contributed by atoms with Gasteiger partial charge in [-0.3, -0.25) is 4.99 Å². The zero-order chi connectivity index (χ0) is 13.5. The molecule has 0 bridgehead atoms. The second-order valence-corrected chi connectivity index (χ2v) is 6.52. The molecule has 2 aliphatic heterocycles. The third-order valence-corrected chi connectivity index (χ3v) is 5.52. The SMILES string of the molecule is CC[C@H]1SC2=NCCCN2[C@@]1(O)c1ccc(Cl)cc1. The van der Waals surface area contributed by atoms with Gasteiger partial charge in [0.15, 0.2) is 10.9 Å². The number of hydrogen-bond donors (Lipinski definition) is 1. The molecule has 2 heterocycles. The summed E-state index contributed by atoms with van der Waals surface area (Å²) in [5, 5.41) is 13.1. The molecule has 1 aromatic carbocycles. The minimum Gasteiger partial charge on any atom is -0.366 e. The van der Waals surface area contributed by atoms with Gasteiger partial charge >= 0.3 is 0 Å². The third kappa shape index (κ3) is 2.06. The van der Waals surface area contributed by atoms with E-state index in [1.54, 1.807) is 11.8 Å². The van der Waals surface area contributed by atoms with Gasteiger partial charge in [-0.1, -0.05) is 42.4 Å². The quantitative estimate of drug-likeness (QED) is 0.911. The van der Waals surface area contributed by atoms with Crippen molar-refractivity contribution in [3.63, 3.8) is 0 Å². The van der Waals surface area contributed by atoms with Crippen LogP contribution in [0.2, 0.25) is 5.02 Å². The predicted octanol–water partition coefficient (Wildman–Crippen LogP) is 3.07. The highest BCUT2D eigenvalue weighted by atomic mass is 35.5. The van der Waals surface area contributed by atoms with Crippen LogP contribution in [-0.4, -0.2) is 33.5 Å². The molecule has 0 saturated carbocycles. The van der Waals surface area contributed by atoms with Crippen LogP contribution >= 0.6 is 23.4 Å². The number of nitrogens with zero attached hydrogens (tertiary/aromatic N) is 2. The summed E-state index contributed by atoms with van der Waals surface area (Å²) >= 11 is 7.64. The maximum atomic E-state index is 11.3. The monoisotopic (exact) mass is 296 g/mol. The summed E-state index contributed by atoms with van der Waals surface area (Å²) in [5.74, 6) is 0. The molecule has 3 rings (SSSR count). The van der Waals surface area contributed by atoms with Crippen LogP contribution in [-0.2, 0) is 5.72 Å². The van der Waals surface area contributed by atoms with Gasteiger partial charge in [-0.15, -0.1) is 0 Å². The van der Waals surface area contributed by atoms with Crippen LogP contribution in [0, 0.1) is 0 Å². The van der Waals surface area contributed by atoms with Crippen molar-refractivity contribution in [3.8, 4) is 0 Å². The van der Waals surface area contributed by atoms with E-state index in [-0.39, 0.29) is 5.25 Å². The molecule has 1 saturated heterocycles. The topological polar surface area (TPSA) is 35.8 Å². The molecule has 2 atom stereocenters. The number of aliphatic imine (C=N–C) groups is 1. The molecule has 19 heavy (non-hydrogen) atoms. The first-order chi connectivity index (χ1) is 9.16. The van der Waals surface area contributed by atoms with E-state index in [0.717, 1.165) is 36.7 Å². The molecule has 3 nitrogen and oxygen atoms in total. The van der Waals surface area contributed by atoms with Crippen molar-refractivity contribution < 1.29 is 5.11 Å². The first-order valence-electron chi connectivity index (χ1n) is 6.63. The molecule has 0 radical (unpaired) electrons. The minimum atomic E-state index is -0.955. The number of aliphatic hydroxyl groups is 1. The summed E-state index contributed by atoms with van der Waals surface area (Å²) in [6.07, 6.45) is 1.90. The fourth-order valence-electron chi connectivity index (χ4n) is 2.79. The molecule has 0 aromatic heterocycles. The Morgan fingerprint density at radius 1 is 1.47 bits per heavy atom. The van der Waals surface area contributed by atoms with Crippen molar-refractivity contribution in [3.05, 3.63) is 34.9 Å². The summed E-state index contributed by atoms with van der Waals surface area (Å²) in [6.45, 7) is 3.84. The van der Waals surface area contributed by atoms with E-state index in [1.807, 2.05) is 24.3 Å². The largest absolute Gasteiger partial charge is 0.366 e. The Bertz CT molecular complexity index is 505. The summed E-state index contributed by atoms with van der Waals surface area (Å²) < 4.78 is 0. The number of fused-ring (bicyclic) bond motifs is 1. The smallest absolute Gasteiger partial charge is 0.178 e. The van der Waals surface area contributed by atoms with E-state index in [1.165, 1.54) is 0 Å². The molecule has 0 aliphatic carbocycles. The van der Waals surface area contributed by atoms with Crippen molar-refractivity contribution in [2.45, 2.75) is 30.7 Å². The van der Waals surface area contributed by atoms with Crippen molar-refractivity contribution in [1.82, 2.24) is 4.90 Å². The Kier molecular flexibility index (Phi) is 3.50. The Morgan fingerprint density at radius 2 is 2.21 bits per heavy atom. The minimum absolute atomic E-state index is 0.116. The molecule has 1 N–H and O–H groups in total. The van der Waals surface area contributed by atoms with Crippen LogP contribution in [0.5, 0.6) is 0 Å². The second kappa shape index (κ2) is 5.00. The van der Waals surface area contributed by atoms with Crippen LogP contribution in [0.15, 0.2) is 29.3 Å². The fraction of sp³-hybridized carbons (Fsp3) is 0.500. The Balaban J connectivity index is 2.05. The van der Waals surface area contributed by atoms with Crippen LogP contribution in [0.25, 0.3) is 0 Å². The lowest BCUT2D eigenvalue weighted by molar-refractivity contribution is -0.0727. The summed E-state index contributed by atoms with van der Waals surface area (Å²) in [4.78, 5) is 6.60. The second-order valence-electron chi connectivity index (χ2n) is 4.92. The van der Waals surface area contributed by atoms with Crippen LogP contribution in [0.3, 0.4) is 0 Å². The van der Waals surface area contributed by atoms with Gasteiger partial charge in [0.25, 0.3) is 0 Å². The van der Waals surface area contributed by atoms with E-state index < -0.39 is 5.72 Å². The number of hydrogen-bond acceptors (Lipinski definition) is 4. The summed E-state index contributed by atoms with van der Waals surface area (Å²) in [7, 11) is 0. The molecule has 2 aliphatic rings. The number of benzene rings is 1. The Labute approximate surface area is 122 Å². The zero-order valence-electron chi connectivity index (χ0n) is 10.8. The maximum Gasteiger partial charge on any atom is 0.178 e. The van der Waals surface area contributed by atoms with E-state index in [9.17, 15) is 5.11 Å². The summed E-state index contributed by atoms with van der Waals surface area (Å²) in [5.41, 5.74) is -0.0492. The standard InChI is InChI=1S/C14H17ClN2OS/c1-2-12-14(18,10-4-6-11(15)7-5-10)17-9-3-8-16-13(17)19-12/h4-7,12,18H,2-3,8-9H2,1H3/t12-,14-/m1/s1. The molecule has 0 unspecified atom stereocenters. The van der Waals surface area contributed by atoms with Crippen LogP contribution in [0.4, 0.5) is 0 Å². The first kappa shape index (κ1) is 13.3. The molecular formula is C14H17ClN2OS. The average molecular weight is 297 g/mol. The highest BCUT2D eigenvalue weighted by molar-refractivity contribution is 8.14. The van der Waals surface area contributed by atoms with E-state index in [4.69, 9.17) is 11.6 Å². The van der Waals surface area contributed by atoms with Gasteiger partial charge < -0.3 is 10.0 Å². The number of halogens is 1. The summed E-state index contributed by atoms with van der Waals surface area (Å²) in [6, 6.07) is 7.52.